The lowest BCUT2D eigenvalue weighted by Crippen LogP contribution is -2.60. The van der Waals surface area contributed by atoms with Crippen LogP contribution in [0.25, 0.3) is 27.5 Å². The van der Waals surface area contributed by atoms with E-state index in [4.69, 9.17) is 9.47 Å². The Morgan fingerprint density at radius 1 is 1.10 bits per heavy atom. The third-order valence-corrected chi connectivity index (χ3v) is 7.02. The van der Waals surface area contributed by atoms with E-state index in [0.29, 0.717) is 11.2 Å². The van der Waals surface area contributed by atoms with Crippen molar-refractivity contribution in [3.05, 3.63) is 59.4 Å². The highest BCUT2D eigenvalue weighted by molar-refractivity contribution is 5.98. The number of ether oxygens (including phenoxy) is 2. The lowest BCUT2D eigenvalue weighted by Gasteiger charge is -2.37. The van der Waals surface area contributed by atoms with Gasteiger partial charge in [0.05, 0.1) is 17.2 Å². The molecule has 0 unspecified atom stereocenters. The maximum atomic E-state index is 14.3. The van der Waals surface area contributed by atoms with Crippen molar-refractivity contribution < 1.29 is 48.3 Å². The molecule has 2 aromatic heterocycles. The smallest absolute Gasteiger partial charge is 0.335 e. The van der Waals surface area contributed by atoms with Gasteiger partial charge in [-0.15, -0.1) is 0 Å². The molecule has 0 radical (unpaired) electrons. The SMILES string of the molecule is CC(C)c1c(CCC(=O)O[C@@H]2O[C@H](C(=O)O)[C@@H](O)[C@H](O)[C@H]2O)c2cc3[nH]ncc3cc2n1-c1ccc(F)c(F)c1. The Balaban J connectivity index is 1.50. The van der Waals surface area contributed by atoms with Gasteiger partial charge in [0.2, 0.25) is 6.29 Å². The molecule has 1 aliphatic rings. The minimum absolute atomic E-state index is 0.121. The number of aliphatic hydroxyl groups excluding tert-OH is 3. The molecule has 0 aliphatic carbocycles. The predicted molar refractivity (Wildman–Crippen MR) is 136 cm³/mol. The lowest BCUT2D eigenvalue weighted by atomic mass is 9.98. The summed E-state index contributed by atoms with van der Waals surface area (Å²) in [5.41, 5.74) is 3.26. The molecule has 40 heavy (non-hydrogen) atoms. The topological polar surface area (TPSA) is 167 Å². The number of carbonyl (C=O) groups is 2. The maximum absolute atomic E-state index is 14.3. The van der Waals surface area contributed by atoms with Crippen LogP contribution in [0.5, 0.6) is 0 Å². The summed E-state index contributed by atoms with van der Waals surface area (Å²) >= 11 is 0. The molecular formula is C27H27F2N3O8. The first-order valence-electron chi connectivity index (χ1n) is 12.6. The average Bonchev–Trinajstić information content (AvgIpc) is 3.49. The van der Waals surface area contributed by atoms with Crippen LogP contribution in [0.4, 0.5) is 8.78 Å². The van der Waals surface area contributed by atoms with Gasteiger partial charge < -0.3 is 34.5 Å². The fraction of sp³-hybridized carbons (Fsp3) is 0.370. The second kappa shape index (κ2) is 10.6. The molecule has 212 valence electrons. The number of aromatic amines is 1. The first-order chi connectivity index (χ1) is 19.0. The van der Waals surface area contributed by atoms with Gasteiger partial charge in [0.1, 0.15) is 18.3 Å². The van der Waals surface area contributed by atoms with Crippen molar-refractivity contribution in [2.45, 2.75) is 63.3 Å². The number of carbonyl (C=O) groups excluding carboxylic acids is 1. The summed E-state index contributed by atoms with van der Waals surface area (Å²) in [6, 6.07) is 7.30. The molecule has 0 spiro atoms. The first kappa shape index (κ1) is 27.6. The second-order valence-electron chi connectivity index (χ2n) is 10.0. The molecule has 1 fully saturated rings. The number of aromatic nitrogens is 3. The van der Waals surface area contributed by atoms with E-state index in [-0.39, 0.29) is 18.8 Å². The molecule has 0 amide bonds. The van der Waals surface area contributed by atoms with Crippen LogP contribution in [0.2, 0.25) is 0 Å². The first-order valence-corrected chi connectivity index (χ1v) is 12.6. The molecule has 13 heteroatoms. The maximum Gasteiger partial charge on any atom is 0.335 e. The molecule has 1 aliphatic heterocycles. The number of aliphatic carboxylic acids is 1. The van der Waals surface area contributed by atoms with Crippen molar-refractivity contribution >= 4 is 33.7 Å². The number of fused-ring (bicyclic) bond motifs is 2. The van der Waals surface area contributed by atoms with Crippen LogP contribution in [-0.4, -0.2) is 77.8 Å². The predicted octanol–water partition coefficient (Wildman–Crippen LogP) is 2.28. The quantitative estimate of drug-likeness (QED) is 0.213. The number of hydrogen-bond acceptors (Lipinski definition) is 8. The zero-order valence-corrected chi connectivity index (χ0v) is 21.4. The second-order valence-corrected chi connectivity index (χ2v) is 10.0. The summed E-state index contributed by atoms with van der Waals surface area (Å²) in [5, 5.41) is 47.7. The molecule has 1 saturated heterocycles. The van der Waals surface area contributed by atoms with E-state index in [2.05, 4.69) is 10.2 Å². The molecule has 0 saturated carbocycles. The van der Waals surface area contributed by atoms with Crippen LogP contribution < -0.4 is 0 Å². The molecule has 11 nitrogen and oxygen atoms in total. The highest BCUT2D eigenvalue weighted by Gasteiger charge is 2.48. The number of carboxylic acids is 1. The number of carboxylic acid groups (broad SMARTS) is 1. The highest BCUT2D eigenvalue weighted by atomic mass is 19.2. The number of benzene rings is 2. The summed E-state index contributed by atoms with van der Waals surface area (Å²) in [4.78, 5) is 24.2. The number of halogens is 2. The van der Waals surface area contributed by atoms with Crippen molar-refractivity contribution in [2.75, 3.05) is 0 Å². The van der Waals surface area contributed by atoms with Crippen molar-refractivity contribution in [3.63, 3.8) is 0 Å². The van der Waals surface area contributed by atoms with E-state index in [9.17, 15) is 38.8 Å². The zero-order chi connectivity index (χ0) is 28.9. The molecule has 5 N–H and O–H groups in total. The monoisotopic (exact) mass is 559 g/mol. The number of aliphatic hydroxyl groups is 3. The van der Waals surface area contributed by atoms with Gasteiger partial charge in [0.25, 0.3) is 0 Å². The summed E-state index contributed by atoms with van der Waals surface area (Å²) in [6.07, 6.45) is -7.90. The van der Waals surface area contributed by atoms with E-state index >= 15 is 0 Å². The highest BCUT2D eigenvalue weighted by Crippen LogP contribution is 2.37. The Morgan fingerprint density at radius 2 is 1.85 bits per heavy atom. The van der Waals surface area contributed by atoms with E-state index < -0.39 is 54.3 Å². The lowest BCUT2D eigenvalue weighted by molar-refractivity contribution is -0.286. The average molecular weight is 560 g/mol. The van der Waals surface area contributed by atoms with Crippen molar-refractivity contribution in [3.8, 4) is 5.69 Å². The number of nitrogens with one attached hydrogen (secondary N) is 1. The summed E-state index contributed by atoms with van der Waals surface area (Å²) in [5.74, 6) is -4.58. The van der Waals surface area contributed by atoms with Crippen LogP contribution >= 0.6 is 0 Å². The number of aryl methyl sites for hydroxylation is 1. The Kier molecular flexibility index (Phi) is 7.31. The third kappa shape index (κ3) is 4.81. The number of H-pyrrole nitrogens is 1. The molecule has 5 atom stereocenters. The fourth-order valence-corrected chi connectivity index (χ4v) is 5.15. The number of hydrogen-bond donors (Lipinski definition) is 5. The Bertz CT molecular complexity index is 1600. The van der Waals surface area contributed by atoms with Gasteiger partial charge in [-0.3, -0.25) is 9.89 Å². The largest absolute Gasteiger partial charge is 0.479 e. The molecule has 5 rings (SSSR count). The fourth-order valence-electron chi connectivity index (χ4n) is 5.15. The summed E-state index contributed by atoms with van der Waals surface area (Å²) in [6.45, 7) is 3.84. The van der Waals surface area contributed by atoms with Gasteiger partial charge in [-0.2, -0.15) is 5.10 Å². The standard InChI is InChI=1S/C27H27F2N3O8/c1-11(2)21-14(4-6-20(33)39-27-24(36)22(34)23(35)25(40-27)26(37)38)15-9-18-12(10-30-31-18)7-19(15)32(21)13-3-5-16(28)17(29)8-13/h3,5,7-11,22-25,27,34-36H,4,6H2,1-2H3,(H,30,31)(H,37,38)/t22-,23-,24+,25-,27+/m0/s1. The van der Waals surface area contributed by atoms with Crippen LogP contribution in [-0.2, 0) is 25.5 Å². The molecule has 2 aromatic carbocycles. The normalized spacial score (nSPS) is 23.2. The minimum atomic E-state index is -1.92. The van der Waals surface area contributed by atoms with E-state index in [1.807, 2.05) is 26.0 Å². The van der Waals surface area contributed by atoms with Crippen LogP contribution in [0.15, 0.2) is 36.5 Å². The molecule has 0 bridgehead atoms. The molecule has 3 heterocycles. The zero-order valence-electron chi connectivity index (χ0n) is 21.4. The Labute approximate surface area is 225 Å². The number of nitrogens with zero attached hydrogens (tertiary/aromatic N) is 2. The van der Waals surface area contributed by atoms with Crippen molar-refractivity contribution in [1.29, 1.82) is 0 Å². The Hall–Kier alpha value is -3.91. The van der Waals surface area contributed by atoms with E-state index in [1.54, 1.807) is 10.8 Å². The van der Waals surface area contributed by atoms with Crippen LogP contribution in [0, 0.1) is 11.6 Å². The van der Waals surface area contributed by atoms with Crippen LogP contribution in [0.1, 0.15) is 37.4 Å². The minimum Gasteiger partial charge on any atom is -0.479 e. The summed E-state index contributed by atoms with van der Waals surface area (Å²) in [7, 11) is 0. The van der Waals surface area contributed by atoms with Gasteiger partial charge in [-0.25, -0.2) is 13.6 Å². The Morgan fingerprint density at radius 3 is 2.52 bits per heavy atom. The number of rotatable bonds is 7. The van der Waals surface area contributed by atoms with Crippen LogP contribution in [0.3, 0.4) is 0 Å². The van der Waals surface area contributed by atoms with Crippen molar-refractivity contribution in [2.24, 2.45) is 0 Å². The van der Waals surface area contributed by atoms with Gasteiger partial charge >= 0.3 is 11.9 Å². The molecule has 4 aromatic rings. The third-order valence-electron chi connectivity index (χ3n) is 7.02. The van der Waals surface area contributed by atoms with Gasteiger partial charge in [0.15, 0.2) is 17.7 Å². The van der Waals surface area contributed by atoms with Gasteiger partial charge in [-0.1, -0.05) is 13.8 Å². The van der Waals surface area contributed by atoms with Crippen molar-refractivity contribution in [1.82, 2.24) is 14.8 Å². The van der Waals surface area contributed by atoms with E-state index in [0.717, 1.165) is 39.7 Å². The van der Waals surface area contributed by atoms with Gasteiger partial charge in [0, 0.05) is 34.6 Å². The molecular weight excluding hydrogens is 532 g/mol. The van der Waals surface area contributed by atoms with E-state index in [1.165, 1.54) is 6.07 Å². The van der Waals surface area contributed by atoms with Gasteiger partial charge in [-0.05, 0) is 42.2 Å². The number of esters is 1. The summed E-state index contributed by atoms with van der Waals surface area (Å²) < 4.78 is 40.0.